The number of halogens is 1. The Morgan fingerprint density at radius 3 is 2.77 bits per heavy atom. The van der Waals surface area contributed by atoms with E-state index in [2.05, 4.69) is 26.8 Å². The highest BCUT2D eigenvalue weighted by molar-refractivity contribution is 7.98. The quantitative estimate of drug-likeness (QED) is 0.210. The van der Waals surface area contributed by atoms with Gasteiger partial charge in [-0.1, -0.05) is 42.1 Å². The van der Waals surface area contributed by atoms with Gasteiger partial charge in [0.25, 0.3) is 5.56 Å². The predicted molar refractivity (Wildman–Crippen MR) is 122 cm³/mol. The Kier molecular flexibility index (Phi) is 7.85. The third-order valence-electron chi connectivity index (χ3n) is 4.28. The molecule has 0 atom stereocenters. The molecule has 2 heterocycles. The topological polar surface area (TPSA) is 100 Å². The maximum Gasteiger partial charge on any atom is 0.270 e. The van der Waals surface area contributed by atoms with Crippen LogP contribution in [0.4, 0.5) is 5.95 Å². The van der Waals surface area contributed by atoms with Gasteiger partial charge in [-0.2, -0.15) is 4.98 Å². The van der Waals surface area contributed by atoms with Crippen molar-refractivity contribution in [2.24, 2.45) is 0 Å². The van der Waals surface area contributed by atoms with Crippen LogP contribution in [0.2, 0.25) is 5.02 Å². The highest BCUT2D eigenvalue weighted by atomic mass is 35.5. The van der Waals surface area contributed by atoms with Crippen LogP contribution in [-0.4, -0.2) is 59.4 Å². The summed E-state index contributed by atoms with van der Waals surface area (Å²) in [7, 11) is 3.04. The van der Waals surface area contributed by atoms with E-state index >= 15 is 0 Å². The molecule has 9 nitrogen and oxygen atoms in total. The predicted octanol–water partition coefficient (Wildman–Crippen LogP) is 3.15. The van der Waals surface area contributed by atoms with Gasteiger partial charge in [-0.05, 0) is 18.4 Å². The van der Waals surface area contributed by atoms with Gasteiger partial charge in [-0.3, -0.25) is 4.79 Å². The number of methoxy groups -OCH3 is 2. The molecule has 0 saturated carbocycles. The highest BCUT2D eigenvalue weighted by Gasteiger charge is 2.19. The van der Waals surface area contributed by atoms with Crippen molar-refractivity contribution < 1.29 is 14.2 Å². The summed E-state index contributed by atoms with van der Waals surface area (Å²) >= 11 is 7.94. The lowest BCUT2D eigenvalue weighted by molar-refractivity contribution is -0.0915. The third-order valence-corrected chi connectivity index (χ3v) is 5.22. The minimum atomic E-state index is -0.550. The summed E-state index contributed by atoms with van der Waals surface area (Å²) in [4.78, 5) is 26.5. The number of hydrogen-bond donors (Lipinski definition) is 1. The largest absolute Gasteiger partial charge is 0.488 e. The molecule has 11 heteroatoms. The summed E-state index contributed by atoms with van der Waals surface area (Å²) in [6.45, 7) is 4.14. The number of benzene rings is 1. The number of ether oxygens (including phenoxy) is 3. The van der Waals surface area contributed by atoms with Crippen molar-refractivity contribution in [1.29, 1.82) is 0 Å². The van der Waals surface area contributed by atoms with Crippen LogP contribution in [0.25, 0.3) is 16.7 Å². The van der Waals surface area contributed by atoms with Crippen LogP contribution in [0.3, 0.4) is 0 Å². The van der Waals surface area contributed by atoms with Crippen molar-refractivity contribution in [1.82, 2.24) is 19.5 Å². The van der Waals surface area contributed by atoms with E-state index < -0.39 is 6.29 Å². The molecule has 0 aliphatic heterocycles. The van der Waals surface area contributed by atoms with Crippen LogP contribution < -0.4 is 15.6 Å². The number of anilines is 1. The summed E-state index contributed by atoms with van der Waals surface area (Å²) in [6, 6.07) is 5.15. The van der Waals surface area contributed by atoms with E-state index in [-0.39, 0.29) is 40.7 Å². The second-order valence-electron chi connectivity index (χ2n) is 6.14. The minimum Gasteiger partial charge on any atom is -0.488 e. The third kappa shape index (κ3) is 4.99. The Balaban J connectivity index is 2.21. The van der Waals surface area contributed by atoms with Gasteiger partial charge >= 0.3 is 0 Å². The number of thioether (sulfide) groups is 1. The normalized spacial score (nSPS) is 11.1. The Morgan fingerprint density at radius 1 is 1.32 bits per heavy atom. The molecule has 0 aliphatic rings. The van der Waals surface area contributed by atoms with E-state index in [1.807, 2.05) is 6.26 Å². The van der Waals surface area contributed by atoms with Crippen molar-refractivity contribution in [2.75, 3.05) is 38.9 Å². The van der Waals surface area contributed by atoms with Gasteiger partial charge in [-0.15, -0.1) is 0 Å². The molecule has 2 aromatic heterocycles. The van der Waals surface area contributed by atoms with Crippen molar-refractivity contribution in [2.45, 2.75) is 11.4 Å². The molecular weight excluding hydrogens is 442 g/mol. The van der Waals surface area contributed by atoms with Crippen LogP contribution in [0.5, 0.6) is 5.75 Å². The monoisotopic (exact) mass is 463 g/mol. The smallest absolute Gasteiger partial charge is 0.270 e. The number of fused-ring (bicyclic) bond motifs is 1. The first-order chi connectivity index (χ1) is 15.0. The first-order valence-electron chi connectivity index (χ1n) is 9.19. The van der Waals surface area contributed by atoms with E-state index in [1.54, 1.807) is 24.3 Å². The zero-order valence-corrected chi connectivity index (χ0v) is 18.9. The first kappa shape index (κ1) is 23.0. The average molecular weight is 464 g/mol. The van der Waals surface area contributed by atoms with Gasteiger partial charge in [0.05, 0.1) is 12.2 Å². The second kappa shape index (κ2) is 10.6. The molecule has 164 valence electrons. The number of hydrogen-bond acceptors (Lipinski definition) is 9. The molecule has 0 bridgehead atoms. The molecule has 1 aromatic carbocycles. The molecule has 0 aliphatic carbocycles. The Labute approximate surface area is 188 Å². The van der Waals surface area contributed by atoms with Gasteiger partial charge in [0.1, 0.15) is 22.8 Å². The highest BCUT2D eigenvalue weighted by Crippen LogP contribution is 2.32. The Morgan fingerprint density at radius 2 is 2.10 bits per heavy atom. The van der Waals surface area contributed by atoms with Crippen molar-refractivity contribution in [3.63, 3.8) is 0 Å². The number of nitrogens with zero attached hydrogens (tertiary/aromatic N) is 4. The summed E-state index contributed by atoms with van der Waals surface area (Å²) in [5.41, 5.74) is 0.282. The lowest BCUT2D eigenvalue weighted by Crippen LogP contribution is -2.29. The van der Waals surface area contributed by atoms with Crippen molar-refractivity contribution in [3.8, 4) is 11.4 Å². The molecule has 3 rings (SSSR count). The average Bonchev–Trinajstić information content (AvgIpc) is 2.79. The molecule has 0 spiro atoms. The zero-order chi connectivity index (χ0) is 22.4. The van der Waals surface area contributed by atoms with Crippen LogP contribution >= 0.6 is 23.4 Å². The lowest BCUT2D eigenvalue weighted by atomic mass is 10.2. The SMILES string of the molecule is C=CCOc1cccc(-n2c(NCC(OC)OC)nc3nc(SC)ncc3c2=O)c1Cl. The van der Waals surface area contributed by atoms with E-state index in [9.17, 15) is 4.79 Å². The summed E-state index contributed by atoms with van der Waals surface area (Å²) in [5.74, 6) is 0.641. The van der Waals surface area contributed by atoms with E-state index in [0.717, 1.165) is 0 Å². The van der Waals surface area contributed by atoms with Crippen LogP contribution in [-0.2, 0) is 9.47 Å². The van der Waals surface area contributed by atoms with Gasteiger partial charge in [-0.25, -0.2) is 14.5 Å². The maximum atomic E-state index is 13.4. The molecular formula is C20H22ClN5O4S. The van der Waals surface area contributed by atoms with Crippen LogP contribution in [0.15, 0.2) is 47.0 Å². The van der Waals surface area contributed by atoms with Crippen LogP contribution in [0.1, 0.15) is 0 Å². The Bertz CT molecular complexity index is 1140. The summed E-state index contributed by atoms with van der Waals surface area (Å²) in [6.07, 6.45) is 4.36. The fraction of sp³-hybridized carbons (Fsp3) is 0.300. The lowest BCUT2D eigenvalue weighted by Gasteiger charge is -2.19. The first-order valence-corrected chi connectivity index (χ1v) is 10.8. The van der Waals surface area contributed by atoms with Crippen molar-refractivity contribution in [3.05, 3.63) is 52.4 Å². The van der Waals surface area contributed by atoms with Gasteiger partial charge in [0.15, 0.2) is 17.1 Å². The second-order valence-corrected chi connectivity index (χ2v) is 7.29. The number of nitrogens with one attached hydrogen (secondary N) is 1. The van der Waals surface area contributed by atoms with Gasteiger partial charge in [0.2, 0.25) is 5.95 Å². The minimum absolute atomic E-state index is 0.227. The van der Waals surface area contributed by atoms with Crippen LogP contribution in [0, 0.1) is 0 Å². The molecule has 31 heavy (non-hydrogen) atoms. The summed E-state index contributed by atoms with van der Waals surface area (Å²) in [5, 5.41) is 4.11. The summed E-state index contributed by atoms with van der Waals surface area (Å²) < 4.78 is 17.4. The molecule has 0 unspecified atom stereocenters. The fourth-order valence-electron chi connectivity index (χ4n) is 2.77. The molecule has 1 N–H and O–H groups in total. The standard InChI is InChI=1S/C20H22ClN5O4S/c1-5-9-30-14-8-6-7-13(16(14)21)26-18(27)12-10-23-20(31-4)25-17(12)24-19(26)22-11-15(28-2)29-3/h5-8,10,15H,1,9,11H2,2-4H3,(H,22,23,24,25). The molecule has 0 radical (unpaired) electrons. The molecule has 0 saturated heterocycles. The molecule has 0 fully saturated rings. The molecule has 0 amide bonds. The van der Waals surface area contributed by atoms with Gasteiger partial charge < -0.3 is 19.5 Å². The van der Waals surface area contributed by atoms with E-state index in [1.165, 1.54) is 36.7 Å². The van der Waals surface area contributed by atoms with Gasteiger partial charge in [0, 0.05) is 20.4 Å². The number of rotatable bonds is 10. The molecule has 3 aromatic rings. The Hall–Kier alpha value is -2.66. The fourth-order valence-corrected chi connectivity index (χ4v) is 3.37. The number of aromatic nitrogens is 4. The zero-order valence-electron chi connectivity index (χ0n) is 17.3. The maximum absolute atomic E-state index is 13.4. The van der Waals surface area contributed by atoms with E-state index in [0.29, 0.717) is 16.6 Å². The van der Waals surface area contributed by atoms with E-state index in [4.69, 9.17) is 25.8 Å². The van der Waals surface area contributed by atoms with Crippen molar-refractivity contribution >= 4 is 40.3 Å².